The van der Waals surface area contributed by atoms with Crippen LogP contribution in [0.15, 0.2) is 0 Å². The first kappa shape index (κ1) is 7.97. The van der Waals surface area contributed by atoms with Crippen LogP contribution in [-0.4, -0.2) is 27.0 Å². The lowest BCUT2D eigenvalue weighted by atomic mass is 10.5. The first-order chi connectivity index (χ1) is 6.20. The highest BCUT2D eigenvalue weighted by atomic mass is 15.1. The van der Waals surface area contributed by atoms with Crippen LogP contribution in [0.5, 0.6) is 0 Å². The number of anilines is 1. The molecule has 0 radical (unpaired) electrons. The van der Waals surface area contributed by atoms with Gasteiger partial charge in [0.05, 0.1) is 0 Å². The number of aryl methyl sites for hydroxylation is 2. The summed E-state index contributed by atoms with van der Waals surface area (Å²) in [5, 5.41) is 3.00. The number of nitrogens with one attached hydrogen (secondary N) is 2. The van der Waals surface area contributed by atoms with Crippen molar-refractivity contribution in [3.05, 3.63) is 11.6 Å². The van der Waals surface area contributed by atoms with E-state index < -0.39 is 0 Å². The first-order valence-electron chi connectivity index (χ1n) is 4.09. The minimum atomic E-state index is 0.717. The van der Waals surface area contributed by atoms with Crippen molar-refractivity contribution in [1.82, 2.24) is 19.9 Å². The van der Waals surface area contributed by atoms with Gasteiger partial charge in [0, 0.05) is 7.05 Å². The van der Waals surface area contributed by atoms with Gasteiger partial charge < -0.3 is 10.3 Å². The Morgan fingerprint density at radius 1 is 1.15 bits per heavy atom. The number of aromatic amines is 1. The molecule has 0 spiro atoms. The molecular weight excluding hydrogens is 166 g/mol. The second-order valence-corrected chi connectivity index (χ2v) is 2.89. The fourth-order valence-electron chi connectivity index (χ4n) is 1.30. The molecule has 0 fully saturated rings. The van der Waals surface area contributed by atoms with E-state index in [0.717, 1.165) is 23.0 Å². The zero-order valence-corrected chi connectivity index (χ0v) is 7.84. The smallest absolute Gasteiger partial charge is 0.183 e. The minimum absolute atomic E-state index is 0.717. The average Bonchev–Trinajstić information content (AvgIpc) is 2.43. The first-order valence-corrected chi connectivity index (χ1v) is 4.09. The fourth-order valence-corrected chi connectivity index (χ4v) is 1.30. The van der Waals surface area contributed by atoms with E-state index in [-0.39, 0.29) is 0 Å². The van der Waals surface area contributed by atoms with Gasteiger partial charge in [0.15, 0.2) is 11.5 Å². The highest BCUT2D eigenvalue weighted by Gasteiger charge is 2.07. The molecule has 2 aromatic rings. The molecule has 0 atom stereocenters. The summed E-state index contributed by atoms with van der Waals surface area (Å²) < 4.78 is 0. The van der Waals surface area contributed by atoms with Gasteiger partial charge in [-0.25, -0.2) is 15.0 Å². The van der Waals surface area contributed by atoms with Crippen molar-refractivity contribution < 1.29 is 0 Å². The van der Waals surface area contributed by atoms with Crippen LogP contribution in [0.3, 0.4) is 0 Å². The van der Waals surface area contributed by atoms with Gasteiger partial charge in [0.2, 0.25) is 0 Å². The molecule has 2 heterocycles. The van der Waals surface area contributed by atoms with Gasteiger partial charge in [-0.3, -0.25) is 0 Å². The fraction of sp³-hybridized carbons (Fsp3) is 0.375. The van der Waals surface area contributed by atoms with Crippen LogP contribution < -0.4 is 5.32 Å². The topological polar surface area (TPSA) is 66.5 Å². The molecule has 0 aliphatic rings. The van der Waals surface area contributed by atoms with Gasteiger partial charge in [-0.2, -0.15) is 0 Å². The van der Waals surface area contributed by atoms with E-state index in [2.05, 4.69) is 25.3 Å². The molecule has 0 aromatic carbocycles. The Kier molecular flexibility index (Phi) is 1.65. The van der Waals surface area contributed by atoms with Crippen molar-refractivity contribution in [2.24, 2.45) is 0 Å². The van der Waals surface area contributed by atoms with E-state index in [1.54, 1.807) is 0 Å². The molecule has 0 aliphatic heterocycles. The Labute approximate surface area is 75.6 Å². The van der Waals surface area contributed by atoms with Gasteiger partial charge in [-0.15, -0.1) is 0 Å². The summed E-state index contributed by atoms with van der Waals surface area (Å²) in [7, 11) is 1.83. The molecule has 0 bridgehead atoms. The van der Waals surface area contributed by atoms with Crippen LogP contribution in [0.4, 0.5) is 5.82 Å². The Morgan fingerprint density at radius 3 is 2.62 bits per heavy atom. The van der Waals surface area contributed by atoms with Gasteiger partial charge >= 0.3 is 0 Å². The summed E-state index contributed by atoms with van der Waals surface area (Å²) >= 11 is 0. The summed E-state index contributed by atoms with van der Waals surface area (Å²) in [6, 6.07) is 0. The summed E-state index contributed by atoms with van der Waals surface area (Å²) in [4.78, 5) is 15.8. The van der Waals surface area contributed by atoms with E-state index in [1.807, 2.05) is 20.9 Å². The van der Waals surface area contributed by atoms with Crippen molar-refractivity contribution in [2.45, 2.75) is 13.8 Å². The van der Waals surface area contributed by atoms with Crippen LogP contribution in [0, 0.1) is 13.8 Å². The molecule has 13 heavy (non-hydrogen) atoms. The highest BCUT2D eigenvalue weighted by Crippen LogP contribution is 2.16. The van der Waals surface area contributed by atoms with Gasteiger partial charge in [-0.05, 0) is 13.8 Å². The lowest BCUT2D eigenvalue weighted by Gasteiger charge is -2.00. The van der Waals surface area contributed by atoms with Crippen LogP contribution in [-0.2, 0) is 0 Å². The lowest BCUT2D eigenvalue weighted by Crippen LogP contribution is -1.97. The summed E-state index contributed by atoms with van der Waals surface area (Å²) in [5.41, 5.74) is 1.58. The quantitative estimate of drug-likeness (QED) is 0.682. The van der Waals surface area contributed by atoms with Crippen LogP contribution in [0.25, 0.3) is 11.2 Å². The predicted molar refractivity (Wildman–Crippen MR) is 50.7 cm³/mol. The van der Waals surface area contributed by atoms with E-state index in [1.165, 1.54) is 0 Å². The predicted octanol–water partition coefficient (Wildman–Crippen LogP) is 1.01. The minimum Gasteiger partial charge on any atom is -0.371 e. The van der Waals surface area contributed by atoms with Gasteiger partial charge in [0.25, 0.3) is 0 Å². The Hall–Kier alpha value is -1.65. The molecule has 0 unspecified atom stereocenters. The monoisotopic (exact) mass is 177 g/mol. The Balaban J connectivity index is 2.80. The van der Waals surface area contributed by atoms with Crippen LogP contribution in [0.1, 0.15) is 11.6 Å². The second-order valence-electron chi connectivity index (χ2n) is 2.89. The van der Waals surface area contributed by atoms with E-state index >= 15 is 0 Å². The third-order valence-corrected chi connectivity index (χ3v) is 1.82. The molecule has 5 heteroatoms. The number of rotatable bonds is 1. The molecule has 0 amide bonds. The van der Waals surface area contributed by atoms with Crippen molar-refractivity contribution >= 4 is 17.0 Å². The van der Waals surface area contributed by atoms with E-state index in [9.17, 15) is 0 Å². The van der Waals surface area contributed by atoms with Crippen molar-refractivity contribution in [3.8, 4) is 0 Å². The third-order valence-electron chi connectivity index (χ3n) is 1.82. The maximum Gasteiger partial charge on any atom is 0.183 e. The molecular formula is C8H11N5. The molecule has 0 aliphatic carbocycles. The SMILES string of the molecule is CNc1nc(C)nc2nc(C)[nH]c12. The van der Waals surface area contributed by atoms with Crippen molar-refractivity contribution in [3.63, 3.8) is 0 Å². The summed E-state index contributed by atoms with van der Waals surface area (Å²) in [5.74, 6) is 2.37. The number of H-pyrrole nitrogens is 1. The highest BCUT2D eigenvalue weighted by molar-refractivity contribution is 5.82. The number of fused-ring (bicyclic) bond motifs is 1. The largest absolute Gasteiger partial charge is 0.371 e. The number of hydrogen-bond acceptors (Lipinski definition) is 4. The maximum absolute atomic E-state index is 4.24. The molecule has 2 rings (SSSR count). The van der Waals surface area contributed by atoms with Gasteiger partial charge in [-0.1, -0.05) is 0 Å². The molecule has 5 nitrogen and oxygen atoms in total. The Bertz CT molecular complexity index is 445. The van der Waals surface area contributed by atoms with Crippen LogP contribution in [0.2, 0.25) is 0 Å². The van der Waals surface area contributed by atoms with E-state index in [0.29, 0.717) is 5.65 Å². The van der Waals surface area contributed by atoms with E-state index in [4.69, 9.17) is 0 Å². The summed E-state index contributed by atoms with van der Waals surface area (Å²) in [6.45, 7) is 3.75. The molecule has 0 saturated carbocycles. The van der Waals surface area contributed by atoms with Crippen molar-refractivity contribution in [2.75, 3.05) is 12.4 Å². The second kappa shape index (κ2) is 2.69. The molecule has 2 N–H and O–H groups in total. The normalized spacial score (nSPS) is 10.7. The zero-order chi connectivity index (χ0) is 9.42. The molecule has 68 valence electrons. The zero-order valence-electron chi connectivity index (χ0n) is 7.84. The molecule has 0 saturated heterocycles. The number of hydrogen-bond donors (Lipinski definition) is 2. The maximum atomic E-state index is 4.24. The van der Waals surface area contributed by atoms with Crippen molar-refractivity contribution in [1.29, 1.82) is 0 Å². The number of imidazole rings is 1. The number of nitrogens with zero attached hydrogens (tertiary/aromatic N) is 3. The Morgan fingerprint density at radius 2 is 1.92 bits per heavy atom. The summed E-state index contributed by atoms with van der Waals surface area (Å²) in [6.07, 6.45) is 0. The lowest BCUT2D eigenvalue weighted by molar-refractivity contribution is 1.08. The average molecular weight is 177 g/mol. The third kappa shape index (κ3) is 1.22. The van der Waals surface area contributed by atoms with Crippen LogP contribution >= 0.6 is 0 Å². The standard InChI is InChI=1S/C8H11N5/c1-4-10-6-7(9-3)11-5(2)13-8(6)12-4/h1-3H3,(H2,9,10,11,12,13). The van der Waals surface area contributed by atoms with Gasteiger partial charge in [0.1, 0.15) is 17.2 Å². The molecule has 2 aromatic heterocycles. The number of aromatic nitrogens is 4.